The number of sulfone groups is 1. The summed E-state index contributed by atoms with van der Waals surface area (Å²) in [6.45, 7) is 4.84. The lowest BCUT2D eigenvalue weighted by Crippen LogP contribution is -2.40. The van der Waals surface area contributed by atoms with E-state index in [0.717, 1.165) is 6.54 Å². The molecule has 0 amide bonds. The zero-order chi connectivity index (χ0) is 10.1. The minimum absolute atomic E-state index is 0.0703. The van der Waals surface area contributed by atoms with Gasteiger partial charge in [-0.1, -0.05) is 13.8 Å². The van der Waals surface area contributed by atoms with Crippen LogP contribution in [0.5, 0.6) is 0 Å². The van der Waals surface area contributed by atoms with Gasteiger partial charge in [0.1, 0.15) is 0 Å². The molecule has 1 rings (SSSR count). The molecule has 78 valence electrons. The normalized spacial score (nSPS) is 32.6. The maximum absolute atomic E-state index is 11.1. The first-order valence-corrected chi connectivity index (χ1v) is 6.35. The van der Waals surface area contributed by atoms with Gasteiger partial charge in [0.15, 0.2) is 9.84 Å². The molecule has 0 spiro atoms. The van der Waals surface area contributed by atoms with Gasteiger partial charge in [-0.15, -0.1) is 0 Å². The Balaban J connectivity index is 2.44. The highest BCUT2D eigenvalue weighted by Gasteiger charge is 2.35. The molecule has 2 atom stereocenters. The van der Waals surface area contributed by atoms with Gasteiger partial charge < -0.3 is 10.4 Å². The Kier molecular flexibility index (Phi) is 3.32. The van der Waals surface area contributed by atoms with Crippen molar-refractivity contribution >= 4 is 9.84 Å². The minimum Gasteiger partial charge on any atom is -0.390 e. The average molecular weight is 207 g/mol. The van der Waals surface area contributed by atoms with E-state index in [-0.39, 0.29) is 17.5 Å². The van der Waals surface area contributed by atoms with Gasteiger partial charge in [-0.05, 0) is 12.5 Å². The summed E-state index contributed by atoms with van der Waals surface area (Å²) in [5.41, 5.74) is 0. The van der Waals surface area contributed by atoms with Crippen LogP contribution in [-0.4, -0.2) is 43.7 Å². The van der Waals surface area contributed by atoms with Crippen LogP contribution < -0.4 is 5.32 Å². The monoisotopic (exact) mass is 207 g/mol. The maximum atomic E-state index is 11.1. The Morgan fingerprint density at radius 2 is 2.08 bits per heavy atom. The van der Waals surface area contributed by atoms with Crippen molar-refractivity contribution < 1.29 is 13.5 Å². The largest absolute Gasteiger partial charge is 0.390 e. The van der Waals surface area contributed by atoms with Crippen molar-refractivity contribution in [3.8, 4) is 0 Å². The van der Waals surface area contributed by atoms with Gasteiger partial charge in [0, 0.05) is 6.04 Å². The standard InChI is InChI=1S/C8H17NO3S/c1-6(2)3-9-7-4-13(11,12)5-8(7)10/h6-10H,3-5H2,1-2H3/t7-,8-/m0/s1. The third-order valence-electron chi connectivity index (χ3n) is 2.11. The Hall–Kier alpha value is -0.130. The lowest BCUT2D eigenvalue weighted by Gasteiger charge is -2.16. The van der Waals surface area contributed by atoms with Crippen molar-refractivity contribution in [3.05, 3.63) is 0 Å². The van der Waals surface area contributed by atoms with E-state index in [1.165, 1.54) is 0 Å². The molecule has 0 aromatic carbocycles. The van der Waals surface area contributed by atoms with Crippen molar-refractivity contribution in [2.75, 3.05) is 18.1 Å². The zero-order valence-electron chi connectivity index (χ0n) is 8.03. The summed E-state index contributed by atoms with van der Waals surface area (Å²) in [6, 6.07) is -0.271. The molecular formula is C8H17NO3S. The summed E-state index contributed by atoms with van der Waals surface area (Å²) >= 11 is 0. The summed E-state index contributed by atoms with van der Waals surface area (Å²) in [7, 11) is -3.01. The Morgan fingerprint density at radius 3 is 2.46 bits per heavy atom. The molecule has 0 radical (unpaired) electrons. The summed E-state index contributed by atoms with van der Waals surface area (Å²) in [4.78, 5) is 0. The SMILES string of the molecule is CC(C)CN[C@H]1CS(=O)(=O)C[C@@H]1O. The smallest absolute Gasteiger partial charge is 0.154 e. The first kappa shape index (κ1) is 10.9. The second-order valence-electron chi connectivity index (χ2n) is 4.05. The van der Waals surface area contributed by atoms with Gasteiger partial charge in [0.25, 0.3) is 0 Å². The molecule has 1 fully saturated rings. The predicted octanol–water partition coefficient (Wildman–Crippen LogP) is -0.610. The lowest BCUT2D eigenvalue weighted by molar-refractivity contribution is 0.164. The molecule has 4 nitrogen and oxygen atoms in total. The van der Waals surface area contributed by atoms with Gasteiger partial charge in [-0.25, -0.2) is 8.42 Å². The van der Waals surface area contributed by atoms with E-state index in [4.69, 9.17) is 0 Å². The van der Waals surface area contributed by atoms with Crippen LogP contribution in [0.1, 0.15) is 13.8 Å². The molecule has 2 N–H and O–H groups in total. The summed E-state index contributed by atoms with van der Waals surface area (Å²) in [5, 5.41) is 12.5. The van der Waals surface area contributed by atoms with Crippen LogP contribution in [0.4, 0.5) is 0 Å². The minimum atomic E-state index is -3.01. The molecule has 0 saturated carbocycles. The first-order chi connectivity index (χ1) is 5.91. The van der Waals surface area contributed by atoms with Crippen LogP contribution in [0.3, 0.4) is 0 Å². The highest BCUT2D eigenvalue weighted by atomic mass is 32.2. The van der Waals surface area contributed by atoms with Crippen LogP contribution in [0.25, 0.3) is 0 Å². The van der Waals surface area contributed by atoms with Gasteiger partial charge >= 0.3 is 0 Å². The lowest BCUT2D eigenvalue weighted by atomic mass is 10.1. The van der Waals surface area contributed by atoms with Crippen molar-refractivity contribution in [2.24, 2.45) is 5.92 Å². The number of aliphatic hydroxyl groups is 1. The fourth-order valence-electron chi connectivity index (χ4n) is 1.41. The second-order valence-corrected chi connectivity index (χ2v) is 6.21. The van der Waals surface area contributed by atoms with Gasteiger partial charge in [0.2, 0.25) is 0 Å². The fraction of sp³-hybridized carbons (Fsp3) is 1.00. The molecule has 0 aliphatic carbocycles. The fourth-order valence-corrected chi connectivity index (χ4v) is 3.19. The van der Waals surface area contributed by atoms with Gasteiger partial charge in [0.05, 0.1) is 17.6 Å². The molecule has 0 unspecified atom stereocenters. The number of nitrogens with one attached hydrogen (secondary N) is 1. The molecule has 0 aromatic heterocycles. The molecule has 1 heterocycles. The molecular weight excluding hydrogens is 190 g/mol. The first-order valence-electron chi connectivity index (χ1n) is 4.52. The topological polar surface area (TPSA) is 66.4 Å². The van der Waals surface area contributed by atoms with E-state index in [2.05, 4.69) is 5.32 Å². The van der Waals surface area contributed by atoms with Crippen LogP contribution in [-0.2, 0) is 9.84 Å². The van der Waals surface area contributed by atoms with Gasteiger partial charge in [-0.2, -0.15) is 0 Å². The van der Waals surface area contributed by atoms with Crippen LogP contribution in [0.2, 0.25) is 0 Å². The second kappa shape index (κ2) is 3.94. The highest BCUT2D eigenvalue weighted by molar-refractivity contribution is 7.91. The van der Waals surface area contributed by atoms with Crippen LogP contribution >= 0.6 is 0 Å². The van der Waals surface area contributed by atoms with E-state index < -0.39 is 15.9 Å². The average Bonchev–Trinajstić information content (AvgIpc) is 2.20. The zero-order valence-corrected chi connectivity index (χ0v) is 8.84. The Bertz CT molecular complexity index is 261. The van der Waals surface area contributed by atoms with E-state index >= 15 is 0 Å². The van der Waals surface area contributed by atoms with Crippen LogP contribution in [0.15, 0.2) is 0 Å². The van der Waals surface area contributed by atoms with E-state index in [9.17, 15) is 13.5 Å². The molecule has 1 aliphatic rings. The summed E-state index contributed by atoms with van der Waals surface area (Å²) in [5.74, 6) is 0.444. The quantitative estimate of drug-likeness (QED) is 0.648. The predicted molar refractivity (Wildman–Crippen MR) is 51.3 cm³/mol. The maximum Gasteiger partial charge on any atom is 0.154 e. The third-order valence-corrected chi connectivity index (χ3v) is 3.83. The van der Waals surface area contributed by atoms with E-state index in [0.29, 0.717) is 5.92 Å². The molecule has 13 heavy (non-hydrogen) atoms. The number of hydrogen-bond donors (Lipinski definition) is 2. The van der Waals surface area contributed by atoms with Gasteiger partial charge in [-0.3, -0.25) is 0 Å². The van der Waals surface area contributed by atoms with Crippen molar-refractivity contribution in [2.45, 2.75) is 26.0 Å². The number of rotatable bonds is 3. The third kappa shape index (κ3) is 3.25. The molecule has 5 heteroatoms. The summed E-state index contributed by atoms with van der Waals surface area (Å²) < 4.78 is 22.2. The molecule has 0 aromatic rings. The Morgan fingerprint density at radius 1 is 1.46 bits per heavy atom. The Labute approximate surface area is 79.3 Å². The van der Waals surface area contributed by atoms with E-state index in [1.807, 2.05) is 13.8 Å². The highest BCUT2D eigenvalue weighted by Crippen LogP contribution is 2.12. The summed E-state index contributed by atoms with van der Waals surface area (Å²) in [6.07, 6.45) is -0.733. The molecule has 1 aliphatic heterocycles. The van der Waals surface area contributed by atoms with Crippen molar-refractivity contribution in [1.82, 2.24) is 5.32 Å². The number of hydrogen-bond acceptors (Lipinski definition) is 4. The van der Waals surface area contributed by atoms with E-state index in [1.54, 1.807) is 0 Å². The van der Waals surface area contributed by atoms with Crippen molar-refractivity contribution in [1.29, 1.82) is 0 Å². The molecule has 0 bridgehead atoms. The van der Waals surface area contributed by atoms with Crippen LogP contribution in [0, 0.1) is 5.92 Å². The number of aliphatic hydroxyl groups excluding tert-OH is 1. The molecule has 1 saturated heterocycles. The van der Waals surface area contributed by atoms with Crippen molar-refractivity contribution in [3.63, 3.8) is 0 Å².